The quantitative estimate of drug-likeness (QED) is 0.773. The third kappa shape index (κ3) is 2.77. The molecule has 2 rings (SSSR count). The number of phenols is 1. The highest BCUT2D eigenvalue weighted by Gasteiger charge is 2.28. The molecule has 0 bridgehead atoms. The van der Waals surface area contributed by atoms with Crippen LogP contribution in [-0.4, -0.2) is 23.2 Å². The largest absolute Gasteiger partial charge is 0.506 e. The summed E-state index contributed by atoms with van der Waals surface area (Å²) < 4.78 is 5.47. The van der Waals surface area contributed by atoms with Gasteiger partial charge in [0.15, 0.2) is 0 Å². The summed E-state index contributed by atoms with van der Waals surface area (Å²) in [6, 6.07) is 5.15. The molecular weight excluding hydrogens is 218 g/mol. The lowest BCUT2D eigenvalue weighted by Gasteiger charge is -2.12. The van der Waals surface area contributed by atoms with Crippen LogP contribution >= 0.6 is 0 Å². The van der Waals surface area contributed by atoms with E-state index in [-0.39, 0.29) is 17.8 Å². The maximum absolute atomic E-state index is 11.9. The molecule has 1 aliphatic rings. The summed E-state index contributed by atoms with van der Waals surface area (Å²) in [5.41, 5.74) is 1.38. The number of hydrogen-bond donors (Lipinski definition) is 2. The molecule has 17 heavy (non-hydrogen) atoms. The molecule has 1 amide bonds. The molecule has 0 saturated carbocycles. The molecule has 1 aromatic carbocycles. The average molecular weight is 235 g/mol. The number of carbonyl (C=O) groups excluding carboxylic acids is 1. The van der Waals surface area contributed by atoms with E-state index >= 15 is 0 Å². The Morgan fingerprint density at radius 1 is 1.47 bits per heavy atom. The summed E-state index contributed by atoms with van der Waals surface area (Å²) in [5.74, 6) is -0.0992. The van der Waals surface area contributed by atoms with Crippen molar-refractivity contribution in [2.45, 2.75) is 38.9 Å². The van der Waals surface area contributed by atoms with Gasteiger partial charge in [0.25, 0.3) is 5.91 Å². The fraction of sp³-hybridized carbons (Fsp3) is 0.462. The van der Waals surface area contributed by atoms with Crippen molar-refractivity contribution in [2.75, 3.05) is 5.32 Å². The van der Waals surface area contributed by atoms with E-state index in [0.29, 0.717) is 5.69 Å². The average Bonchev–Trinajstić information content (AvgIpc) is 2.69. The number of amides is 1. The van der Waals surface area contributed by atoms with Gasteiger partial charge in [0, 0.05) is 0 Å². The number of hydrogen-bond acceptors (Lipinski definition) is 3. The Morgan fingerprint density at radius 2 is 2.24 bits per heavy atom. The topological polar surface area (TPSA) is 58.6 Å². The molecule has 0 aliphatic carbocycles. The van der Waals surface area contributed by atoms with Crippen LogP contribution in [0.2, 0.25) is 0 Å². The second kappa shape index (κ2) is 4.75. The highest BCUT2D eigenvalue weighted by molar-refractivity contribution is 5.95. The van der Waals surface area contributed by atoms with Gasteiger partial charge in [0.2, 0.25) is 0 Å². The zero-order chi connectivity index (χ0) is 12.4. The van der Waals surface area contributed by atoms with E-state index in [4.69, 9.17) is 4.74 Å². The van der Waals surface area contributed by atoms with Gasteiger partial charge in [-0.15, -0.1) is 0 Å². The summed E-state index contributed by atoms with van der Waals surface area (Å²) in [5, 5.41) is 12.4. The van der Waals surface area contributed by atoms with Crippen LogP contribution in [0.5, 0.6) is 5.75 Å². The first-order valence-electron chi connectivity index (χ1n) is 5.82. The molecule has 1 heterocycles. The second-order valence-corrected chi connectivity index (χ2v) is 4.52. The zero-order valence-electron chi connectivity index (χ0n) is 10.1. The van der Waals surface area contributed by atoms with Gasteiger partial charge in [-0.3, -0.25) is 4.79 Å². The van der Waals surface area contributed by atoms with Crippen molar-refractivity contribution in [1.82, 2.24) is 0 Å². The lowest BCUT2D eigenvalue weighted by molar-refractivity contribution is -0.126. The van der Waals surface area contributed by atoms with Crippen molar-refractivity contribution >= 4 is 11.6 Å². The third-order valence-corrected chi connectivity index (χ3v) is 2.94. The van der Waals surface area contributed by atoms with E-state index in [1.807, 2.05) is 19.9 Å². The number of anilines is 1. The van der Waals surface area contributed by atoms with Gasteiger partial charge in [-0.25, -0.2) is 0 Å². The zero-order valence-corrected chi connectivity index (χ0v) is 10.1. The predicted molar refractivity (Wildman–Crippen MR) is 65.0 cm³/mol. The Balaban J connectivity index is 2.03. The first kappa shape index (κ1) is 11.9. The van der Waals surface area contributed by atoms with Crippen molar-refractivity contribution in [3.8, 4) is 5.75 Å². The van der Waals surface area contributed by atoms with Crippen LogP contribution in [0.4, 0.5) is 5.69 Å². The van der Waals surface area contributed by atoms with Crippen molar-refractivity contribution in [3.63, 3.8) is 0 Å². The summed E-state index contributed by atoms with van der Waals surface area (Å²) in [7, 11) is 0. The van der Waals surface area contributed by atoms with Crippen molar-refractivity contribution < 1.29 is 14.6 Å². The number of aryl methyl sites for hydroxylation is 1. The maximum Gasteiger partial charge on any atom is 0.253 e. The van der Waals surface area contributed by atoms with Crippen LogP contribution in [0.3, 0.4) is 0 Å². The number of phenolic OH excluding ortho intramolecular Hbond substituents is 1. The number of aromatic hydroxyl groups is 1. The second-order valence-electron chi connectivity index (χ2n) is 4.52. The molecule has 0 spiro atoms. The van der Waals surface area contributed by atoms with E-state index in [1.165, 1.54) is 0 Å². The minimum absolute atomic E-state index is 0.0874. The number of ether oxygens (including phenoxy) is 1. The van der Waals surface area contributed by atoms with Gasteiger partial charge in [-0.05, 0) is 44.4 Å². The molecule has 1 aromatic rings. The molecule has 4 nitrogen and oxygen atoms in total. The summed E-state index contributed by atoms with van der Waals surface area (Å²) >= 11 is 0. The molecule has 0 radical (unpaired) electrons. The van der Waals surface area contributed by atoms with Crippen LogP contribution in [-0.2, 0) is 9.53 Å². The van der Waals surface area contributed by atoms with Crippen molar-refractivity contribution in [1.29, 1.82) is 0 Å². The molecule has 2 unspecified atom stereocenters. The minimum atomic E-state index is -0.397. The van der Waals surface area contributed by atoms with Crippen LogP contribution in [0.1, 0.15) is 25.3 Å². The molecule has 1 saturated heterocycles. The highest BCUT2D eigenvalue weighted by Crippen LogP contribution is 2.26. The predicted octanol–water partition coefficient (Wildman–Crippen LogP) is 2.21. The lowest BCUT2D eigenvalue weighted by Crippen LogP contribution is -2.27. The third-order valence-electron chi connectivity index (χ3n) is 2.94. The number of carbonyl (C=O) groups is 1. The van der Waals surface area contributed by atoms with Gasteiger partial charge in [-0.2, -0.15) is 0 Å². The molecule has 92 valence electrons. The standard InChI is InChI=1S/C13H17NO3/c1-8-3-5-10(11(15)7-8)14-13(16)12-6-4-9(2)17-12/h3,5,7,9,12,15H,4,6H2,1-2H3,(H,14,16). The smallest absolute Gasteiger partial charge is 0.253 e. The van der Waals surface area contributed by atoms with Crippen molar-refractivity contribution in [2.24, 2.45) is 0 Å². The van der Waals surface area contributed by atoms with E-state index in [9.17, 15) is 9.90 Å². The molecule has 1 fully saturated rings. The van der Waals surface area contributed by atoms with Gasteiger partial charge in [-0.1, -0.05) is 6.07 Å². The van der Waals surface area contributed by atoms with E-state index in [0.717, 1.165) is 18.4 Å². The summed E-state index contributed by atoms with van der Waals surface area (Å²) in [4.78, 5) is 11.9. The summed E-state index contributed by atoms with van der Waals surface area (Å²) in [6.45, 7) is 3.84. The molecule has 0 aromatic heterocycles. The Hall–Kier alpha value is -1.55. The van der Waals surface area contributed by atoms with Crippen LogP contribution in [0.25, 0.3) is 0 Å². The van der Waals surface area contributed by atoms with Gasteiger partial charge >= 0.3 is 0 Å². The van der Waals surface area contributed by atoms with E-state index in [2.05, 4.69) is 5.32 Å². The Kier molecular flexibility index (Phi) is 3.33. The van der Waals surface area contributed by atoms with Crippen LogP contribution < -0.4 is 5.32 Å². The van der Waals surface area contributed by atoms with Gasteiger partial charge < -0.3 is 15.2 Å². The molecule has 2 atom stereocenters. The van der Waals surface area contributed by atoms with Gasteiger partial charge in [0.05, 0.1) is 11.8 Å². The van der Waals surface area contributed by atoms with Crippen LogP contribution in [0, 0.1) is 6.92 Å². The number of benzene rings is 1. The molecular formula is C13H17NO3. The molecule has 4 heteroatoms. The Morgan fingerprint density at radius 3 is 2.82 bits per heavy atom. The lowest BCUT2D eigenvalue weighted by atomic mass is 10.2. The maximum atomic E-state index is 11.9. The first-order chi connectivity index (χ1) is 8.06. The highest BCUT2D eigenvalue weighted by atomic mass is 16.5. The van der Waals surface area contributed by atoms with E-state index < -0.39 is 6.10 Å². The monoisotopic (exact) mass is 235 g/mol. The Labute approximate surface area is 101 Å². The number of rotatable bonds is 2. The number of nitrogens with one attached hydrogen (secondary N) is 1. The van der Waals surface area contributed by atoms with Crippen molar-refractivity contribution in [3.05, 3.63) is 23.8 Å². The first-order valence-corrected chi connectivity index (χ1v) is 5.82. The fourth-order valence-electron chi connectivity index (χ4n) is 1.96. The SMILES string of the molecule is Cc1ccc(NC(=O)C2CCC(C)O2)c(O)c1. The normalized spacial score (nSPS) is 23.6. The molecule has 2 N–H and O–H groups in total. The minimum Gasteiger partial charge on any atom is -0.506 e. The van der Waals surface area contributed by atoms with Crippen LogP contribution in [0.15, 0.2) is 18.2 Å². The van der Waals surface area contributed by atoms with Gasteiger partial charge in [0.1, 0.15) is 11.9 Å². The Bertz CT molecular complexity index is 431. The summed E-state index contributed by atoms with van der Waals surface area (Å²) in [6.07, 6.45) is 1.38. The fourth-order valence-corrected chi connectivity index (χ4v) is 1.96. The van der Waals surface area contributed by atoms with E-state index in [1.54, 1.807) is 12.1 Å². The molecule has 1 aliphatic heterocycles.